The van der Waals surface area contributed by atoms with Crippen molar-refractivity contribution in [3.63, 3.8) is 0 Å². The monoisotopic (exact) mass is 345 g/mol. The van der Waals surface area contributed by atoms with Crippen LogP contribution in [-0.4, -0.2) is 39.0 Å². The van der Waals surface area contributed by atoms with Gasteiger partial charge in [-0.2, -0.15) is 22.7 Å². The standard InChI is InChI=1S/C14H20ClN3O3S/c1-11(8-16)10-18(3)22(19,20)17-9-12(2)21-14-6-4-5-13(15)7-14/h4-7,11-12,17H,9-10H2,1-3H3/t11-,12+/m1/s1. The van der Waals surface area contributed by atoms with Crippen LogP contribution in [0.15, 0.2) is 24.3 Å². The van der Waals surface area contributed by atoms with Crippen LogP contribution in [0.2, 0.25) is 5.02 Å². The molecule has 0 bridgehead atoms. The van der Waals surface area contributed by atoms with Crippen molar-refractivity contribution in [3.05, 3.63) is 29.3 Å². The van der Waals surface area contributed by atoms with Crippen molar-refractivity contribution in [1.29, 1.82) is 5.26 Å². The van der Waals surface area contributed by atoms with Crippen LogP contribution >= 0.6 is 11.6 Å². The van der Waals surface area contributed by atoms with E-state index < -0.39 is 10.2 Å². The van der Waals surface area contributed by atoms with Crippen LogP contribution < -0.4 is 9.46 Å². The number of benzene rings is 1. The first-order valence-corrected chi connectivity index (χ1v) is 8.59. The van der Waals surface area contributed by atoms with Crippen LogP contribution in [0.1, 0.15) is 13.8 Å². The second-order valence-corrected chi connectivity index (χ2v) is 7.35. The SMILES string of the molecule is C[C@H](C#N)CN(C)S(=O)(=O)NC[C@H](C)Oc1cccc(Cl)c1. The lowest BCUT2D eigenvalue weighted by Crippen LogP contribution is -2.43. The highest BCUT2D eigenvalue weighted by molar-refractivity contribution is 7.87. The van der Waals surface area contributed by atoms with Crippen molar-refractivity contribution in [1.82, 2.24) is 9.03 Å². The summed E-state index contributed by atoms with van der Waals surface area (Å²) < 4.78 is 33.2. The zero-order valence-corrected chi connectivity index (χ0v) is 14.4. The smallest absolute Gasteiger partial charge is 0.279 e. The molecule has 2 atom stereocenters. The summed E-state index contributed by atoms with van der Waals surface area (Å²) in [5.74, 6) is 0.201. The largest absolute Gasteiger partial charge is 0.489 e. The van der Waals surface area contributed by atoms with E-state index in [-0.39, 0.29) is 25.1 Å². The fourth-order valence-electron chi connectivity index (χ4n) is 1.67. The molecular formula is C14H20ClN3O3S. The maximum Gasteiger partial charge on any atom is 0.279 e. The second kappa shape index (κ2) is 8.34. The highest BCUT2D eigenvalue weighted by atomic mass is 35.5. The number of nitriles is 1. The lowest BCUT2D eigenvalue weighted by molar-refractivity contribution is 0.224. The number of ether oxygens (including phenoxy) is 1. The maximum absolute atomic E-state index is 12.0. The van der Waals surface area contributed by atoms with E-state index >= 15 is 0 Å². The van der Waals surface area contributed by atoms with Gasteiger partial charge in [-0.15, -0.1) is 0 Å². The quantitative estimate of drug-likeness (QED) is 0.781. The Bertz CT molecular complexity index is 630. The summed E-state index contributed by atoms with van der Waals surface area (Å²) in [6, 6.07) is 8.89. The molecule has 0 unspecified atom stereocenters. The molecule has 0 spiro atoms. The molecule has 0 aromatic heterocycles. The number of halogens is 1. The van der Waals surface area contributed by atoms with Crippen molar-refractivity contribution in [2.24, 2.45) is 5.92 Å². The molecule has 8 heteroatoms. The first kappa shape index (κ1) is 18.7. The molecule has 0 heterocycles. The highest BCUT2D eigenvalue weighted by Crippen LogP contribution is 2.18. The van der Waals surface area contributed by atoms with Gasteiger partial charge < -0.3 is 4.74 Å². The second-order valence-electron chi connectivity index (χ2n) is 5.05. The van der Waals surface area contributed by atoms with E-state index in [1.807, 2.05) is 6.07 Å². The molecule has 22 heavy (non-hydrogen) atoms. The molecule has 0 radical (unpaired) electrons. The van der Waals surface area contributed by atoms with Crippen LogP contribution in [0.5, 0.6) is 5.75 Å². The number of hydrogen-bond donors (Lipinski definition) is 1. The van der Waals surface area contributed by atoms with E-state index in [0.717, 1.165) is 4.31 Å². The van der Waals surface area contributed by atoms with Crippen LogP contribution in [0.3, 0.4) is 0 Å². The van der Waals surface area contributed by atoms with Gasteiger partial charge in [0.05, 0.1) is 12.0 Å². The first-order valence-electron chi connectivity index (χ1n) is 6.77. The van der Waals surface area contributed by atoms with Gasteiger partial charge in [0.1, 0.15) is 11.9 Å². The molecule has 0 aliphatic carbocycles. The molecule has 6 nitrogen and oxygen atoms in total. The van der Waals surface area contributed by atoms with Crippen molar-refractivity contribution in [2.45, 2.75) is 20.0 Å². The summed E-state index contributed by atoms with van der Waals surface area (Å²) in [6.07, 6.45) is -0.366. The Kier molecular flexibility index (Phi) is 7.10. The highest BCUT2D eigenvalue weighted by Gasteiger charge is 2.20. The molecule has 0 fully saturated rings. The van der Waals surface area contributed by atoms with Gasteiger partial charge in [0.2, 0.25) is 0 Å². The van der Waals surface area contributed by atoms with Crippen molar-refractivity contribution >= 4 is 21.8 Å². The topological polar surface area (TPSA) is 82.4 Å². The lowest BCUT2D eigenvalue weighted by Gasteiger charge is -2.21. The Morgan fingerprint density at radius 2 is 2.14 bits per heavy atom. The van der Waals surface area contributed by atoms with Gasteiger partial charge in [0, 0.05) is 25.2 Å². The van der Waals surface area contributed by atoms with Gasteiger partial charge in [0.15, 0.2) is 0 Å². The van der Waals surface area contributed by atoms with E-state index in [9.17, 15) is 8.42 Å². The minimum Gasteiger partial charge on any atom is -0.489 e. The van der Waals surface area contributed by atoms with Gasteiger partial charge in [-0.25, -0.2) is 0 Å². The summed E-state index contributed by atoms with van der Waals surface area (Å²) in [5.41, 5.74) is 0. The minimum atomic E-state index is -3.63. The van der Waals surface area contributed by atoms with Crippen LogP contribution in [-0.2, 0) is 10.2 Å². The number of nitrogens with zero attached hydrogens (tertiary/aromatic N) is 2. The predicted octanol–water partition coefficient (Wildman–Crippen LogP) is 2.03. The maximum atomic E-state index is 12.0. The minimum absolute atomic E-state index is 0.111. The third-order valence-electron chi connectivity index (χ3n) is 2.85. The van der Waals surface area contributed by atoms with Gasteiger partial charge in [0.25, 0.3) is 10.2 Å². The molecule has 1 N–H and O–H groups in total. The molecule has 1 aromatic carbocycles. The van der Waals surface area contributed by atoms with E-state index in [4.69, 9.17) is 21.6 Å². The Balaban J connectivity index is 2.52. The average Bonchev–Trinajstić information content (AvgIpc) is 2.45. The fraction of sp³-hybridized carbons (Fsp3) is 0.500. The Morgan fingerprint density at radius 1 is 1.45 bits per heavy atom. The summed E-state index contributed by atoms with van der Waals surface area (Å²) in [6.45, 7) is 3.66. The number of nitrogens with one attached hydrogen (secondary N) is 1. The van der Waals surface area contributed by atoms with Crippen molar-refractivity contribution < 1.29 is 13.2 Å². The van der Waals surface area contributed by atoms with Crippen molar-refractivity contribution in [3.8, 4) is 11.8 Å². The molecule has 0 saturated heterocycles. The van der Waals surface area contributed by atoms with E-state index in [2.05, 4.69) is 4.72 Å². The molecule has 0 aliphatic rings. The average molecular weight is 346 g/mol. The predicted molar refractivity (Wildman–Crippen MR) is 85.9 cm³/mol. The summed E-state index contributed by atoms with van der Waals surface area (Å²) in [7, 11) is -2.21. The fourth-order valence-corrected chi connectivity index (χ4v) is 2.94. The first-order chi connectivity index (χ1) is 10.2. The third-order valence-corrected chi connectivity index (χ3v) is 4.58. The van der Waals surface area contributed by atoms with Crippen LogP contribution in [0.25, 0.3) is 0 Å². The normalized spacial score (nSPS) is 14.4. The summed E-state index contributed by atoms with van der Waals surface area (Å²) >= 11 is 5.86. The Hall–Kier alpha value is -1.33. The van der Waals surface area contributed by atoms with Gasteiger partial charge in [-0.05, 0) is 32.0 Å². The zero-order valence-electron chi connectivity index (χ0n) is 12.8. The molecule has 0 saturated carbocycles. The third kappa shape index (κ3) is 6.20. The van der Waals surface area contributed by atoms with E-state index in [1.165, 1.54) is 7.05 Å². The van der Waals surface area contributed by atoms with Gasteiger partial charge in [-0.3, -0.25) is 0 Å². The zero-order chi connectivity index (χ0) is 16.8. The Morgan fingerprint density at radius 3 is 2.73 bits per heavy atom. The summed E-state index contributed by atoms with van der Waals surface area (Å²) in [5, 5.41) is 9.28. The number of hydrogen-bond acceptors (Lipinski definition) is 4. The molecule has 0 amide bonds. The molecule has 1 rings (SSSR count). The Labute approximate surface area is 136 Å². The summed E-state index contributed by atoms with van der Waals surface area (Å²) in [4.78, 5) is 0. The lowest BCUT2D eigenvalue weighted by atomic mass is 10.2. The number of rotatable bonds is 8. The van der Waals surface area contributed by atoms with E-state index in [0.29, 0.717) is 10.8 Å². The molecular weight excluding hydrogens is 326 g/mol. The molecule has 0 aliphatic heterocycles. The molecule has 122 valence electrons. The van der Waals surface area contributed by atoms with E-state index in [1.54, 1.807) is 38.1 Å². The van der Waals surface area contributed by atoms with Gasteiger partial charge in [-0.1, -0.05) is 17.7 Å². The molecule has 1 aromatic rings. The van der Waals surface area contributed by atoms with Crippen LogP contribution in [0.4, 0.5) is 0 Å². The van der Waals surface area contributed by atoms with Crippen LogP contribution in [0, 0.1) is 17.2 Å². The van der Waals surface area contributed by atoms with Gasteiger partial charge >= 0.3 is 0 Å². The van der Waals surface area contributed by atoms with Crippen molar-refractivity contribution in [2.75, 3.05) is 20.1 Å².